The predicted octanol–water partition coefficient (Wildman–Crippen LogP) is 0.731. The molecule has 0 bridgehead atoms. The van der Waals surface area contributed by atoms with Crippen LogP contribution in [-0.4, -0.2) is 29.1 Å². The Balaban J connectivity index is 2.15. The van der Waals surface area contributed by atoms with Crippen molar-refractivity contribution >= 4 is 5.91 Å². The second-order valence-electron chi connectivity index (χ2n) is 3.14. The van der Waals surface area contributed by atoms with Crippen molar-refractivity contribution in [2.45, 2.75) is 6.42 Å². The predicted molar refractivity (Wildman–Crippen MR) is 50.6 cm³/mol. The van der Waals surface area contributed by atoms with E-state index in [1.54, 1.807) is 6.07 Å². The molecular weight excluding hydrogens is 194 g/mol. The van der Waals surface area contributed by atoms with Gasteiger partial charge in [-0.05, 0) is 18.6 Å². The maximum Gasteiger partial charge on any atom is 0.295 e. The third-order valence-electron chi connectivity index (χ3n) is 2.09. The molecule has 1 amide bonds. The summed E-state index contributed by atoms with van der Waals surface area (Å²) in [6.45, 7) is 1.17. The minimum absolute atomic E-state index is 0.253. The van der Waals surface area contributed by atoms with Crippen molar-refractivity contribution in [3.63, 3.8) is 0 Å². The molecule has 5 nitrogen and oxygen atoms in total. The molecule has 1 fully saturated rings. The van der Waals surface area contributed by atoms with Crippen molar-refractivity contribution < 1.29 is 9.63 Å². The van der Waals surface area contributed by atoms with Crippen molar-refractivity contribution in [3.05, 3.63) is 29.6 Å². The van der Waals surface area contributed by atoms with E-state index >= 15 is 0 Å². The molecule has 0 aromatic carbocycles. The van der Waals surface area contributed by atoms with Crippen LogP contribution in [0.3, 0.4) is 0 Å². The number of nitrogens with zero attached hydrogens (tertiary/aromatic N) is 3. The fraction of sp³-hybridized carbons (Fsp3) is 0.300. The Morgan fingerprint density at radius 1 is 1.60 bits per heavy atom. The second kappa shape index (κ2) is 4.07. The summed E-state index contributed by atoms with van der Waals surface area (Å²) < 4.78 is 0. The Bertz CT molecular complexity index is 402. The van der Waals surface area contributed by atoms with Crippen LogP contribution in [0, 0.1) is 11.3 Å². The zero-order valence-corrected chi connectivity index (χ0v) is 8.01. The number of aromatic nitrogens is 1. The first-order valence-corrected chi connectivity index (χ1v) is 4.62. The first-order chi connectivity index (χ1) is 7.31. The summed E-state index contributed by atoms with van der Waals surface area (Å²) in [5.41, 5.74) is 0.741. The van der Waals surface area contributed by atoms with Gasteiger partial charge in [0.15, 0.2) is 0 Å². The van der Waals surface area contributed by atoms with Gasteiger partial charge in [0.2, 0.25) is 0 Å². The van der Waals surface area contributed by atoms with Gasteiger partial charge in [-0.1, -0.05) is 0 Å². The molecule has 0 atom stereocenters. The van der Waals surface area contributed by atoms with Crippen LogP contribution in [-0.2, 0) is 4.84 Å². The van der Waals surface area contributed by atoms with Crippen LogP contribution in [0.5, 0.6) is 0 Å². The van der Waals surface area contributed by atoms with Crippen LogP contribution in [0.2, 0.25) is 0 Å². The molecule has 2 rings (SSSR count). The van der Waals surface area contributed by atoms with E-state index < -0.39 is 0 Å². The van der Waals surface area contributed by atoms with Gasteiger partial charge in [-0.25, -0.2) is 10.0 Å². The van der Waals surface area contributed by atoms with Crippen LogP contribution in [0.15, 0.2) is 18.3 Å². The summed E-state index contributed by atoms with van der Waals surface area (Å²) in [5.74, 6) is -0.253. The van der Waals surface area contributed by atoms with Crippen LogP contribution >= 0.6 is 0 Å². The highest BCUT2D eigenvalue weighted by Crippen LogP contribution is 2.09. The molecule has 1 aromatic heterocycles. The minimum atomic E-state index is -0.253. The number of hydroxylamine groups is 2. The first kappa shape index (κ1) is 9.62. The Hall–Kier alpha value is -1.93. The van der Waals surface area contributed by atoms with Gasteiger partial charge < -0.3 is 0 Å². The molecule has 2 heterocycles. The Labute approximate surface area is 86.9 Å². The lowest BCUT2D eigenvalue weighted by molar-refractivity contribution is -0.0771. The van der Waals surface area contributed by atoms with Crippen molar-refractivity contribution in [1.29, 1.82) is 5.26 Å². The number of pyridine rings is 1. The average Bonchev–Trinajstić information content (AvgIpc) is 2.82. The Kier molecular flexibility index (Phi) is 2.61. The lowest BCUT2D eigenvalue weighted by Gasteiger charge is -2.12. The van der Waals surface area contributed by atoms with Gasteiger partial charge in [-0.2, -0.15) is 5.26 Å². The van der Waals surface area contributed by atoms with E-state index in [2.05, 4.69) is 4.98 Å². The van der Waals surface area contributed by atoms with Crippen molar-refractivity contribution in [2.75, 3.05) is 13.2 Å². The number of carbonyl (C=O) groups excluding carboxylic acids is 1. The summed E-state index contributed by atoms with van der Waals surface area (Å²) in [6, 6.07) is 5.04. The summed E-state index contributed by atoms with van der Waals surface area (Å²) >= 11 is 0. The highest BCUT2D eigenvalue weighted by atomic mass is 16.7. The molecule has 0 saturated carbocycles. The Morgan fingerprint density at radius 3 is 3.00 bits per heavy atom. The summed E-state index contributed by atoms with van der Waals surface area (Å²) in [7, 11) is 0. The van der Waals surface area contributed by atoms with Crippen LogP contribution in [0.4, 0.5) is 0 Å². The molecule has 1 aromatic rings. The van der Waals surface area contributed by atoms with Gasteiger partial charge in [-0.3, -0.25) is 9.63 Å². The molecular formula is C10H9N3O2. The third-order valence-corrected chi connectivity index (χ3v) is 2.09. The number of hydrogen-bond acceptors (Lipinski definition) is 4. The lowest BCUT2D eigenvalue weighted by Crippen LogP contribution is -2.27. The highest BCUT2D eigenvalue weighted by molar-refractivity contribution is 5.91. The molecule has 5 heteroatoms. The van der Waals surface area contributed by atoms with Gasteiger partial charge in [0, 0.05) is 6.20 Å². The largest absolute Gasteiger partial charge is 0.295 e. The summed E-state index contributed by atoms with van der Waals surface area (Å²) in [5, 5.41) is 9.87. The maximum atomic E-state index is 11.7. The number of carbonyl (C=O) groups is 1. The molecule has 0 N–H and O–H groups in total. The molecule has 1 aliphatic rings. The van der Waals surface area contributed by atoms with Crippen molar-refractivity contribution in [2.24, 2.45) is 0 Å². The number of amides is 1. The van der Waals surface area contributed by atoms with E-state index in [9.17, 15) is 4.79 Å². The van der Waals surface area contributed by atoms with E-state index in [-0.39, 0.29) is 5.91 Å². The normalized spacial score (nSPS) is 15.0. The first-order valence-electron chi connectivity index (χ1n) is 4.62. The second-order valence-corrected chi connectivity index (χ2v) is 3.14. The molecule has 0 spiro atoms. The number of rotatable bonds is 1. The monoisotopic (exact) mass is 203 g/mol. The average molecular weight is 203 g/mol. The van der Waals surface area contributed by atoms with E-state index in [0.29, 0.717) is 24.4 Å². The van der Waals surface area contributed by atoms with Gasteiger partial charge >= 0.3 is 0 Å². The van der Waals surface area contributed by atoms with Gasteiger partial charge in [0.1, 0.15) is 11.8 Å². The van der Waals surface area contributed by atoms with Gasteiger partial charge in [0.05, 0.1) is 18.7 Å². The fourth-order valence-corrected chi connectivity index (χ4v) is 1.32. The van der Waals surface area contributed by atoms with Crippen molar-refractivity contribution in [3.8, 4) is 6.07 Å². The van der Waals surface area contributed by atoms with Gasteiger partial charge in [0.25, 0.3) is 5.91 Å². The van der Waals surface area contributed by atoms with Crippen LogP contribution < -0.4 is 0 Å². The lowest BCUT2D eigenvalue weighted by atomic mass is 10.2. The summed E-state index contributed by atoms with van der Waals surface area (Å²) in [6.07, 6.45) is 2.23. The topological polar surface area (TPSA) is 66.2 Å². The smallest absolute Gasteiger partial charge is 0.271 e. The molecule has 76 valence electrons. The summed E-state index contributed by atoms with van der Waals surface area (Å²) in [4.78, 5) is 20.7. The van der Waals surface area contributed by atoms with E-state index in [0.717, 1.165) is 6.42 Å². The van der Waals surface area contributed by atoms with E-state index in [1.807, 2.05) is 6.07 Å². The van der Waals surface area contributed by atoms with Crippen LogP contribution in [0.1, 0.15) is 22.5 Å². The van der Waals surface area contributed by atoms with Crippen LogP contribution in [0.25, 0.3) is 0 Å². The zero-order valence-electron chi connectivity index (χ0n) is 8.01. The number of hydrogen-bond donors (Lipinski definition) is 0. The quantitative estimate of drug-likeness (QED) is 0.674. The van der Waals surface area contributed by atoms with E-state index in [4.69, 9.17) is 10.1 Å². The fourth-order valence-electron chi connectivity index (χ4n) is 1.32. The molecule has 0 unspecified atom stereocenters. The molecule has 15 heavy (non-hydrogen) atoms. The molecule has 1 saturated heterocycles. The zero-order chi connectivity index (χ0) is 10.7. The van der Waals surface area contributed by atoms with E-state index in [1.165, 1.54) is 17.3 Å². The third kappa shape index (κ3) is 1.95. The molecule has 1 aliphatic heterocycles. The highest BCUT2D eigenvalue weighted by Gasteiger charge is 2.21. The van der Waals surface area contributed by atoms with Gasteiger partial charge in [-0.15, -0.1) is 0 Å². The molecule has 0 aliphatic carbocycles. The van der Waals surface area contributed by atoms with Crippen molar-refractivity contribution in [1.82, 2.24) is 10.0 Å². The Morgan fingerprint density at radius 2 is 2.47 bits per heavy atom. The standard InChI is InChI=1S/C10H9N3O2/c11-6-8-2-3-9(12-7-8)10(14)13-4-1-5-15-13/h2-3,7H,1,4-5H2. The SMILES string of the molecule is N#Cc1ccc(C(=O)N2CCCO2)nc1. The number of nitriles is 1. The molecule has 0 radical (unpaired) electrons. The minimum Gasteiger partial charge on any atom is -0.271 e. The maximum absolute atomic E-state index is 11.7.